The van der Waals surface area contributed by atoms with Crippen molar-refractivity contribution in [1.29, 1.82) is 0 Å². The number of likely N-dealkylation sites (tertiary alicyclic amines) is 1. The highest BCUT2D eigenvalue weighted by atomic mass is 32.1. The number of amides is 1. The van der Waals surface area contributed by atoms with E-state index in [9.17, 15) is 9.18 Å². The van der Waals surface area contributed by atoms with Gasteiger partial charge in [-0.3, -0.25) is 9.18 Å². The lowest BCUT2D eigenvalue weighted by molar-refractivity contribution is -0.130. The largest absolute Gasteiger partial charge is 0.348 e. The van der Waals surface area contributed by atoms with E-state index >= 15 is 0 Å². The van der Waals surface area contributed by atoms with Crippen LogP contribution in [0.5, 0.6) is 0 Å². The Bertz CT molecular complexity index is 431. The lowest BCUT2D eigenvalue weighted by atomic mass is 10.0. The molecule has 1 amide bonds. The molecule has 2 fully saturated rings. The topological polar surface area (TPSA) is 36.4 Å². The highest BCUT2D eigenvalue weighted by molar-refractivity contribution is 7.13. The Morgan fingerprint density at radius 2 is 2.21 bits per heavy atom. The van der Waals surface area contributed by atoms with Crippen LogP contribution in [0.4, 0.5) is 9.52 Å². The van der Waals surface area contributed by atoms with Crippen LogP contribution in [0.25, 0.3) is 0 Å². The van der Waals surface area contributed by atoms with Crippen molar-refractivity contribution in [2.24, 2.45) is 5.92 Å². The maximum Gasteiger partial charge on any atom is 0.223 e. The number of anilines is 1. The normalized spacial score (nSPS) is 25.3. The van der Waals surface area contributed by atoms with Gasteiger partial charge in [0.25, 0.3) is 0 Å². The van der Waals surface area contributed by atoms with Crippen LogP contribution >= 0.6 is 11.3 Å². The third kappa shape index (κ3) is 2.59. The molecule has 0 N–H and O–H groups in total. The van der Waals surface area contributed by atoms with Crippen LogP contribution in [0.15, 0.2) is 11.6 Å². The fourth-order valence-electron chi connectivity index (χ4n) is 3.01. The second kappa shape index (κ2) is 5.45. The molecule has 0 spiro atoms. The zero-order valence-electron chi connectivity index (χ0n) is 10.8. The number of piperidine rings is 1. The van der Waals surface area contributed by atoms with Crippen LogP contribution in [-0.2, 0) is 4.79 Å². The Balaban J connectivity index is 1.57. The van der Waals surface area contributed by atoms with Crippen molar-refractivity contribution in [3.8, 4) is 0 Å². The molecule has 2 saturated heterocycles. The SMILES string of the molecule is O=C1CC(CF)CN1C1CCN(c2nccs2)CC1. The van der Waals surface area contributed by atoms with E-state index in [1.165, 1.54) is 0 Å². The number of carbonyl (C=O) groups is 1. The van der Waals surface area contributed by atoms with Crippen LogP contribution < -0.4 is 4.90 Å². The summed E-state index contributed by atoms with van der Waals surface area (Å²) in [5, 5.41) is 3.05. The van der Waals surface area contributed by atoms with Crippen molar-refractivity contribution in [3.63, 3.8) is 0 Å². The van der Waals surface area contributed by atoms with Crippen molar-refractivity contribution in [2.45, 2.75) is 25.3 Å². The average molecular weight is 283 g/mol. The van der Waals surface area contributed by atoms with Crippen LogP contribution in [-0.4, -0.2) is 48.1 Å². The molecule has 0 bridgehead atoms. The first-order chi connectivity index (χ1) is 9.28. The average Bonchev–Trinajstić information content (AvgIpc) is 3.08. The fraction of sp³-hybridized carbons (Fsp3) is 0.692. The highest BCUT2D eigenvalue weighted by Crippen LogP contribution is 2.28. The molecule has 1 aromatic rings. The van der Waals surface area contributed by atoms with Gasteiger partial charge in [0, 0.05) is 49.6 Å². The number of halogens is 1. The van der Waals surface area contributed by atoms with Gasteiger partial charge < -0.3 is 9.80 Å². The molecule has 3 rings (SSSR count). The van der Waals surface area contributed by atoms with Gasteiger partial charge in [0.1, 0.15) is 0 Å². The molecular formula is C13H18FN3OS. The predicted molar refractivity (Wildman–Crippen MR) is 73.1 cm³/mol. The summed E-state index contributed by atoms with van der Waals surface area (Å²) < 4.78 is 12.7. The van der Waals surface area contributed by atoms with Gasteiger partial charge in [-0.15, -0.1) is 11.3 Å². The number of nitrogens with zero attached hydrogens (tertiary/aromatic N) is 3. The van der Waals surface area contributed by atoms with Gasteiger partial charge >= 0.3 is 0 Å². The molecule has 19 heavy (non-hydrogen) atoms. The Kier molecular flexibility index (Phi) is 3.68. The number of carbonyl (C=O) groups excluding carboxylic acids is 1. The lowest BCUT2D eigenvalue weighted by Gasteiger charge is -2.36. The predicted octanol–water partition coefficient (Wildman–Crippen LogP) is 1.93. The van der Waals surface area contributed by atoms with E-state index in [1.54, 1.807) is 11.3 Å². The first kappa shape index (κ1) is 12.8. The van der Waals surface area contributed by atoms with E-state index < -0.39 is 0 Å². The number of hydrogen-bond acceptors (Lipinski definition) is 4. The monoisotopic (exact) mass is 283 g/mol. The zero-order valence-corrected chi connectivity index (χ0v) is 11.6. The highest BCUT2D eigenvalue weighted by Gasteiger charge is 2.35. The molecule has 0 radical (unpaired) electrons. The third-order valence-corrected chi connectivity index (χ3v) is 4.88. The van der Waals surface area contributed by atoms with Crippen molar-refractivity contribution in [1.82, 2.24) is 9.88 Å². The summed E-state index contributed by atoms with van der Waals surface area (Å²) in [4.78, 5) is 20.4. The zero-order chi connectivity index (χ0) is 13.2. The minimum Gasteiger partial charge on any atom is -0.348 e. The number of aromatic nitrogens is 1. The molecule has 1 unspecified atom stereocenters. The van der Waals surface area contributed by atoms with Gasteiger partial charge in [0.15, 0.2) is 5.13 Å². The van der Waals surface area contributed by atoms with E-state index in [0.29, 0.717) is 19.0 Å². The number of thiazole rings is 1. The van der Waals surface area contributed by atoms with Gasteiger partial charge in [-0.2, -0.15) is 0 Å². The number of alkyl halides is 1. The van der Waals surface area contributed by atoms with Crippen molar-refractivity contribution in [3.05, 3.63) is 11.6 Å². The molecule has 3 heterocycles. The first-order valence-corrected chi connectivity index (χ1v) is 7.65. The molecule has 104 valence electrons. The summed E-state index contributed by atoms with van der Waals surface area (Å²) >= 11 is 1.65. The summed E-state index contributed by atoms with van der Waals surface area (Å²) in [7, 11) is 0. The number of rotatable bonds is 3. The maximum absolute atomic E-state index is 12.7. The van der Waals surface area contributed by atoms with Crippen LogP contribution in [0.3, 0.4) is 0 Å². The second-order valence-electron chi connectivity index (χ2n) is 5.30. The maximum atomic E-state index is 12.7. The van der Waals surface area contributed by atoms with Crippen molar-refractivity contribution >= 4 is 22.4 Å². The van der Waals surface area contributed by atoms with E-state index in [4.69, 9.17) is 0 Å². The summed E-state index contributed by atoms with van der Waals surface area (Å²) in [6.45, 7) is 2.10. The molecule has 2 aliphatic heterocycles. The Hall–Kier alpha value is -1.17. The van der Waals surface area contributed by atoms with E-state index in [0.717, 1.165) is 31.1 Å². The molecular weight excluding hydrogens is 265 g/mol. The van der Waals surface area contributed by atoms with E-state index in [1.807, 2.05) is 16.5 Å². The minimum absolute atomic E-state index is 0.0792. The Morgan fingerprint density at radius 1 is 1.42 bits per heavy atom. The molecule has 0 saturated carbocycles. The third-order valence-electron chi connectivity index (χ3n) is 4.05. The summed E-state index contributed by atoms with van der Waals surface area (Å²) in [5.74, 6) is 0.0554. The second-order valence-corrected chi connectivity index (χ2v) is 6.18. The smallest absolute Gasteiger partial charge is 0.223 e. The summed E-state index contributed by atoms with van der Waals surface area (Å²) in [5.41, 5.74) is 0. The lowest BCUT2D eigenvalue weighted by Crippen LogP contribution is -2.45. The summed E-state index contributed by atoms with van der Waals surface area (Å²) in [6.07, 6.45) is 4.14. The molecule has 4 nitrogen and oxygen atoms in total. The van der Waals surface area contributed by atoms with Gasteiger partial charge in [-0.05, 0) is 12.8 Å². The van der Waals surface area contributed by atoms with Crippen LogP contribution in [0.1, 0.15) is 19.3 Å². The molecule has 6 heteroatoms. The van der Waals surface area contributed by atoms with Crippen LogP contribution in [0.2, 0.25) is 0 Å². The van der Waals surface area contributed by atoms with Gasteiger partial charge in [-0.1, -0.05) is 0 Å². The Labute approximate surface area is 116 Å². The Morgan fingerprint density at radius 3 is 2.79 bits per heavy atom. The number of hydrogen-bond donors (Lipinski definition) is 0. The molecule has 1 atom stereocenters. The molecule has 2 aliphatic rings. The van der Waals surface area contributed by atoms with E-state index in [-0.39, 0.29) is 18.5 Å². The van der Waals surface area contributed by atoms with Crippen molar-refractivity contribution in [2.75, 3.05) is 31.2 Å². The molecule has 0 aliphatic carbocycles. The van der Waals surface area contributed by atoms with Gasteiger partial charge in [-0.25, -0.2) is 4.98 Å². The summed E-state index contributed by atoms with van der Waals surface area (Å²) in [6, 6.07) is 0.292. The standard InChI is InChI=1S/C13H18FN3OS/c14-8-10-7-12(18)17(9-10)11-1-4-16(5-2-11)13-15-3-6-19-13/h3,6,10-11H,1-2,4-5,7-9H2. The minimum atomic E-state index is -0.375. The van der Waals surface area contributed by atoms with Gasteiger partial charge in [0.2, 0.25) is 5.91 Å². The van der Waals surface area contributed by atoms with Crippen LogP contribution in [0, 0.1) is 5.92 Å². The quantitative estimate of drug-likeness (QED) is 0.850. The van der Waals surface area contributed by atoms with Gasteiger partial charge in [0.05, 0.1) is 6.67 Å². The fourth-order valence-corrected chi connectivity index (χ4v) is 3.70. The molecule has 0 aromatic carbocycles. The first-order valence-electron chi connectivity index (χ1n) is 6.78. The van der Waals surface area contributed by atoms with E-state index in [2.05, 4.69) is 9.88 Å². The molecule has 1 aromatic heterocycles. The van der Waals surface area contributed by atoms with Crippen molar-refractivity contribution < 1.29 is 9.18 Å².